The normalized spacial score (nSPS) is 26.7. The third-order valence-electron chi connectivity index (χ3n) is 4.56. The van der Waals surface area contributed by atoms with Gasteiger partial charge in [0, 0.05) is 19.0 Å². The summed E-state index contributed by atoms with van der Waals surface area (Å²) in [5.41, 5.74) is 0. The highest BCUT2D eigenvalue weighted by molar-refractivity contribution is 6.42. The average molecular weight is 358 g/mol. The number of benzene rings is 1. The third-order valence-corrected chi connectivity index (χ3v) is 5.30. The van der Waals surface area contributed by atoms with Crippen LogP contribution in [0.3, 0.4) is 0 Å². The minimum Gasteiger partial charge on any atom is -0.488 e. The summed E-state index contributed by atoms with van der Waals surface area (Å²) in [6, 6.07) is 5.06. The number of hydrogen-bond acceptors (Lipinski definition) is 3. The lowest BCUT2D eigenvalue weighted by molar-refractivity contribution is -0.156. The van der Waals surface area contributed by atoms with Gasteiger partial charge in [0.15, 0.2) is 0 Å². The zero-order valence-corrected chi connectivity index (χ0v) is 13.9. The Labute approximate surface area is 144 Å². The predicted octanol–water partition coefficient (Wildman–Crippen LogP) is 3.08. The van der Waals surface area contributed by atoms with Crippen LogP contribution >= 0.6 is 23.2 Å². The lowest BCUT2D eigenvalue weighted by Gasteiger charge is -2.34. The van der Waals surface area contributed by atoms with Crippen molar-refractivity contribution in [3.63, 3.8) is 0 Å². The molecule has 0 bridgehead atoms. The molecule has 2 aliphatic rings. The molecule has 7 heteroatoms. The fraction of sp³-hybridized carbons (Fsp3) is 0.500. The van der Waals surface area contributed by atoms with Crippen LogP contribution in [-0.4, -0.2) is 41.1 Å². The fourth-order valence-corrected chi connectivity index (χ4v) is 3.38. The van der Waals surface area contributed by atoms with Crippen LogP contribution in [0.1, 0.15) is 19.3 Å². The SMILES string of the molecule is O=C(O)C1CCC1C(=O)N1CCC(Oc2ccc(Cl)c(Cl)c2)C1. The molecule has 0 radical (unpaired) electrons. The Morgan fingerprint density at radius 3 is 2.48 bits per heavy atom. The van der Waals surface area contributed by atoms with Crippen molar-refractivity contribution in [3.05, 3.63) is 28.2 Å². The molecule has 1 aliphatic heterocycles. The molecule has 1 aliphatic carbocycles. The van der Waals surface area contributed by atoms with Crippen molar-refractivity contribution in [2.75, 3.05) is 13.1 Å². The predicted molar refractivity (Wildman–Crippen MR) is 85.9 cm³/mol. The van der Waals surface area contributed by atoms with Crippen LogP contribution in [0, 0.1) is 11.8 Å². The Morgan fingerprint density at radius 2 is 1.87 bits per heavy atom. The molecule has 23 heavy (non-hydrogen) atoms. The molecule has 1 heterocycles. The molecular weight excluding hydrogens is 341 g/mol. The molecule has 1 amide bonds. The highest BCUT2D eigenvalue weighted by atomic mass is 35.5. The molecule has 2 fully saturated rings. The first-order valence-corrected chi connectivity index (χ1v) is 8.34. The largest absolute Gasteiger partial charge is 0.488 e. The van der Waals surface area contributed by atoms with Gasteiger partial charge in [-0.15, -0.1) is 0 Å². The first kappa shape index (κ1) is 16.4. The molecule has 124 valence electrons. The van der Waals surface area contributed by atoms with E-state index in [1.807, 2.05) is 0 Å². The number of ether oxygens (including phenoxy) is 1. The maximum atomic E-state index is 12.4. The summed E-state index contributed by atoms with van der Waals surface area (Å²) in [4.78, 5) is 25.2. The summed E-state index contributed by atoms with van der Waals surface area (Å²) in [5.74, 6) is -1.24. The van der Waals surface area contributed by atoms with E-state index in [4.69, 9.17) is 33.0 Å². The summed E-state index contributed by atoms with van der Waals surface area (Å²) in [6.45, 7) is 1.07. The van der Waals surface area contributed by atoms with Gasteiger partial charge in [0.25, 0.3) is 0 Å². The van der Waals surface area contributed by atoms with Gasteiger partial charge in [-0.3, -0.25) is 9.59 Å². The van der Waals surface area contributed by atoms with Gasteiger partial charge in [0.1, 0.15) is 11.9 Å². The molecule has 3 atom stereocenters. The first-order valence-electron chi connectivity index (χ1n) is 7.59. The minimum atomic E-state index is -0.877. The van der Waals surface area contributed by atoms with Gasteiger partial charge in [-0.25, -0.2) is 0 Å². The Kier molecular flexibility index (Phi) is 4.69. The number of rotatable bonds is 4. The Hall–Kier alpha value is -1.46. The number of carboxylic acids is 1. The number of aliphatic carboxylic acids is 1. The topological polar surface area (TPSA) is 66.8 Å². The Morgan fingerprint density at radius 1 is 1.13 bits per heavy atom. The van der Waals surface area contributed by atoms with Crippen molar-refractivity contribution >= 4 is 35.1 Å². The number of carbonyl (C=O) groups is 2. The Balaban J connectivity index is 1.57. The van der Waals surface area contributed by atoms with Crippen LogP contribution in [0.15, 0.2) is 18.2 Å². The molecule has 5 nitrogen and oxygen atoms in total. The van der Waals surface area contributed by atoms with E-state index in [2.05, 4.69) is 0 Å². The maximum absolute atomic E-state index is 12.4. The van der Waals surface area contributed by atoms with Crippen molar-refractivity contribution in [1.82, 2.24) is 4.90 Å². The molecular formula is C16H17Cl2NO4. The number of likely N-dealkylation sites (tertiary alicyclic amines) is 1. The lowest BCUT2D eigenvalue weighted by Crippen LogP contribution is -2.45. The summed E-state index contributed by atoms with van der Waals surface area (Å²) >= 11 is 11.8. The summed E-state index contributed by atoms with van der Waals surface area (Å²) in [7, 11) is 0. The van der Waals surface area contributed by atoms with E-state index in [1.54, 1.807) is 23.1 Å². The van der Waals surface area contributed by atoms with Crippen LogP contribution in [0.5, 0.6) is 5.75 Å². The number of halogens is 2. The average Bonchev–Trinajstić information content (AvgIpc) is 2.89. The monoisotopic (exact) mass is 357 g/mol. The van der Waals surface area contributed by atoms with Gasteiger partial charge in [-0.1, -0.05) is 23.2 Å². The molecule has 1 N–H and O–H groups in total. The second-order valence-corrected chi connectivity index (χ2v) is 6.83. The van der Waals surface area contributed by atoms with E-state index in [-0.39, 0.29) is 17.9 Å². The number of amides is 1. The number of hydrogen-bond donors (Lipinski definition) is 1. The molecule has 0 aromatic heterocycles. The number of carbonyl (C=O) groups excluding carboxylic acids is 1. The maximum Gasteiger partial charge on any atom is 0.307 e. The lowest BCUT2D eigenvalue weighted by atomic mass is 9.73. The van der Waals surface area contributed by atoms with Crippen molar-refractivity contribution < 1.29 is 19.4 Å². The van der Waals surface area contributed by atoms with E-state index >= 15 is 0 Å². The van der Waals surface area contributed by atoms with E-state index in [9.17, 15) is 9.59 Å². The summed E-state index contributed by atoms with van der Waals surface area (Å²) < 4.78 is 5.84. The molecule has 1 saturated heterocycles. The Bertz CT molecular complexity index is 637. The van der Waals surface area contributed by atoms with Crippen LogP contribution in [-0.2, 0) is 9.59 Å². The van der Waals surface area contributed by atoms with Crippen molar-refractivity contribution in [2.45, 2.75) is 25.4 Å². The second-order valence-electron chi connectivity index (χ2n) is 6.02. The van der Waals surface area contributed by atoms with Crippen LogP contribution in [0.4, 0.5) is 0 Å². The van der Waals surface area contributed by atoms with Gasteiger partial charge in [0.2, 0.25) is 5.91 Å². The molecule has 3 rings (SSSR count). The number of carboxylic acid groups (broad SMARTS) is 1. The van der Waals surface area contributed by atoms with Gasteiger partial charge in [0.05, 0.1) is 28.4 Å². The summed E-state index contributed by atoms with van der Waals surface area (Å²) in [6.07, 6.45) is 1.85. The standard InChI is InChI=1S/C16H17Cl2NO4/c17-13-4-1-9(7-14(13)18)23-10-5-6-19(8-10)15(20)11-2-3-12(11)16(21)22/h1,4,7,10-12H,2-3,5-6,8H2,(H,21,22). The fourth-order valence-electron chi connectivity index (χ4n) is 3.09. The zero-order valence-electron chi connectivity index (χ0n) is 12.4. The van der Waals surface area contributed by atoms with Gasteiger partial charge < -0.3 is 14.7 Å². The summed E-state index contributed by atoms with van der Waals surface area (Å²) in [5, 5.41) is 9.96. The van der Waals surface area contributed by atoms with Crippen molar-refractivity contribution in [2.24, 2.45) is 11.8 Å². The van der Waals surface area contributed by atoms with Crippen LogP contribution in [0.2, 0.25) is 10.0 Å². The van der Waals surface area contributed by atoms with Crippen LogP contribution in [0.25, 0.3) is 0 Å². The quantitative estimate of drug-likeness (QED) is 0.898. The van der Waals surface area contributed by atoms with E-state index in [0.29, 0.717) is 41.7 Å². The van der Waals surface area contributed by atoms with E-state index in [0.717, 1.165) is 6.42 Å². The van der Waals surface area contributed by atoms with Crippen LogP contribution < -0.4 is 4.74 Å². The van der Waals surface area contributed by atoms with Crippen molar-refractivity contribution in [3.8, 4) is 5.75 Å². The molecule has 0 spiro atoms. The third kappa shape index (κ3) is 3.40. The molecule has 1 aromatic carbocycles. The first-order chi connectivity index (χ1) is 11.0. The van der Waals surface area contributed by atoms with Gasteiger partial charge >= 0.3 is 5.97 Å². The molecule has 3 unspecified atom stereocenters. The van der Waals surface area contributed by atoms with E-state index < -0.39 is 11.9 Å². The smallest absolute Gasteiger partial charge is 0.307 e. The zero-order chi connectivity index (χ0) is 16.6. The second kappa shape index (κ2) is 6.57. The highest BCUT2D eigenvalue weighted by Crippen LogP contribution is 2.37. The highest BCUT2D eigenvalue weighted by Gasteiger charge is 2.44. The minimum absolute atomic E-state index is 0.0658. The molecule has 1 saturated carbocycles. The number of nitrogens with zero attached hydrogens (tertiary/aromatic N) is 1. The van der Waals surface area contributed by atoms with Gasteiger partial charge in [-0.2, -0.15) is 0 Å². The van der Waals surface area contributed by atoms with E-state index in [1.165, 1.54) is 0 Å². The van der Waals surface area contributed by atoms with Crippen molar-refractivity contribution in [1.29, 1.82) is 0 Å². The molecule has 1 aromatic rings. The van der Waals surface area contributed by atoms with Gasteiger partial charge in [-0.05, 0) is 25.0 Å².